The lowest BCUT2D eigenvalue weighted by Crippen LogP contribution is -2.10. The molecule has 0 heterocycles. The fourth-order valence-electron chi connectivity index (χ4n) is 4.03. The summed E-state index contributed by atoms with van der Waals surface area (Å²) < 4.78 is 0. The van der Waals surface area contributed by atoms with Gasteiger partial charge in [0.05, 0.1) is 0 Å². The molecule has 30 heavy (non-hydrogen) atoms. The predicted molar refractivity (Wildman–Crippen MR) is 138 cm³/mol. The van der Waals surface area contributed by atoms with Crippen LogP contribution in [0.4, 0.5) is 0 Å². The van der Waals surface area contributed by atoms with Crippen molar-refractivity contribution in [2.75, 3.05) is 0 Å². The van der Waals surface area contributed by atoms with Crippen LogP contribution in [0, 0.1) is 23.7 Å². The first-order valence-corrected chi connectivity index (χ1v) is 12.2. The molecule has 0 N–H and O–H groups in total. The van der Waals surface area contributed by atoms with Crippen molar-refractivity contribution >= 4 is 0 Å². The lowest BCUT2D eigenvalue weighted by Gasteiger charge is -2.21. The lowest BCUT2D eigenvalue weighted by molar-refractivity contribution is 0.403. The molecule has 2 rings (SSSR count). The summed E-state index contributed by atoms with van der Waals surface area (Å²) in [6, 6.07) is 0. The lowest BCUT2D eigenvalue weighted by atomic mass is 9.84. The van der Waals surface area contributed by atoms with E-state index in [2.05, 4.69) is 104 Å². The summed E-state index contributed by atoms with van der Waals surface area (Å²) in [6.07, 6.45) is 26.3. The van der Waals surface area contributed by atoms with E-state index in [1.54, 1.807) is 0 Å². The molecule has 0 bridgehead atoms. The van der Waals surface area contributed by atoms with Crippen LogP contribution in [0.15, 0.2) is 70.9 Å². The zero-order valence-corrected chi connectivity index (χ0v) is 21.2. The van der Waals surface area contributed by atoms with Gasteiger partial charge in [0.2, 0.25) is 0 Å². The summed E-state index contributed by atoms with van der Waals surface area (Å²) in [4.78, 5) is 0. The van der Waals surface area contributed by atoms with Crippen LogP contribution in [0.1, 0.15) is 93.9 Å². The van der Waals surface area contributed by atoms with Crippen molar-refractivity contribution in [3.8, 4) is 0 Å². The maximum atomic E-state index is 2.39. The molecule has 168 valence electrons. The summed E-state index contributed by atoms with van der Waals surface area (Å²) in [5.74, 6) is 3.14. The average molecular weight is 409 g/mol. The first kappa shape index (κ1) is 26.5. The van der Waals surface area contributed by atoms with Crippen molar-refractivity contribution in [1.29, 1.82) is 0 Å². The summed E-state index contributed by atoms with van der Waals surface area (Å²) in [5, 5.41) is 0. The van der Waals surface area contributed by atoms with E-state index in [0.29, 0.717) is 0 Å². The zero-order valence-electron chi connectivity index (χ0n) is 21.2. The van der Waals surface area contributed by atoms with Gasteiger partial charge < -0.3 is 0 Å². The topological polar surface area (TPSA) is 0 Å². The maximum Gasteiger partial charge on any atom is -0.0170 e. The summed E-state index contributed by atoms with van der Waals surface area (Å²) >= 11 is 0. The van der Waals surface area contributed by atoms with Gasteiger partial charge in [-0.15, -0.1) is 0 Å². The van der Waals surface area contributed by atoms with Crippen LogP contribution in [0.3, 0.4) is 0 Å². The molecule has 0 fully saturated rings. The molecule has 0 aromatic rings. The highest BCUT2D eigenvalue weighted by molar-refractivity contribution is 5.22. The molecular formula is C30H48. The molecule has 2 aliphatic rings. The highest BCUT2D eigenvalue weighted by atomic mass is 14.2. The first-order valence-electron chi connectivity index (χ1n) is 12.2. The minimum atomic E-state index is 0.763. The Morgan fingerprint density at radius 1 is 0.767 bits per heavy atom. The van der Waals surface area contributed by atoms with Crippen LogP contribution in [-0.2, 0) is 0 Å². The molecule has 0 saturated heterocycles. The van der Waals surface area contributed by atoms with E-state index < -0.39 is 0 Å². The van der Waals surface area contributed by atoms with Crippen LogP contribution in [0.2, 0.25) is 0 Å². The molecule has 0 spiro atoms. The van der Waals surface area contributed by atoms with Crippen molar-refractivity contribution in [3.05, 3.63) is 70.9 Å². The van der Waals surface area contributed by atoms with E-state index in [-0.39, 0.29) is 0 Å². The van der Waals surface area contributed by atoms with E-state index in [4.69, 9.17) is 0 Å². The van der Waals surface area contributed by atoms with E-state index in [1.165, 1.54) is 60.8 Å². The van der Waals surface area contributed by atoms with Crippen LogP contribution < -0.4 is 0 Å². The predicted octanol–water partition coefficient (Wildman–Crippen LogP) is 9.78. The Kier molecular flexibility index (Phi) is 12.7. The molecule has 0 amide bonds. The molecule has 0 radical (unpaired) electrons. The molecule has 0 aromatic carbocycles. The Bertz CT molecular complexity index is 609. The van der Waals surface area contributed by atoms with Crippen LogP contribution in [0.5, 0.6) is 0 Å². The van der Waals surface area contributed by atoms with Crippen LogP contribution in [-0.4, -0.2) is 0 Å². The van der Waals surface area contributed by atoms with Gasteiger partial charge in [0, 0.05) is 0 Å². The summed E-state index contributed by atoms with van der Waals surface area (Å²) in [5.41, 5.74) is 5.72. The second-order valence-corrected chi connectivity index (χ2v) is 10.1. The van der Waals surface area contributed by atoms with Gasteiger partial charge in [0.1, 0.15) is 0 Å². The normalized spacial score (nSPS) is 22.1. The third-order valence-electron chi connectivity index (χ3n) is 6.45. The van der Waals surface area contributed by atoms with Crippen molar-refractivity contribution in [1.82, 2.24) is 0 Å². The van der Waals surface area contributed by atoms with Gasteiger partial charge in [-0.05, 0) is 104 Å². The van der Waals surface area contributed by atoms with E-state index in [1.807, 2.05) is 0 Å². The van der Waals surface area contributed by atoms with Crippen molar-refractivity contribution < 1.29 is 0 Å². The Morgan fingerprint density at radius 2 is 1.13 bits per heavy atom. The number of rotatable bonds is 8. The zero-order chi connectivity index (χ0) is 22.5. The second-order valence-electron chi connectivity index (χ2n) is 10.1. The molecule has 0 unspecified atom stereocenters. The van der Waals surface area contributed by atoms with Crippen molar-refractivity contribution in [2.24, 2.45) is 23.7 Å². The van der Waals surface area contributed by atoms with Gasteiger partial charge in [-0.2, -0.15) is 0 Å². The minimum absolute atomic E-state index is 0.763. The van der Waals surface area contributed by atoms with Crippen LogP contribution in [0.25, 0.3) is 0 Å². The fraction of sp³-hybridized carbons (Fsp3) is 0.600. The molecule has 0 nitrogen and oxygen atoms in total. The maximum absolute atomic E-state index is 2.39. The molecule has 0 aliphatic heterocycles. The van der Waals surface area contributed by atoms with Gasteiger partial charge in [0.15, 0.2) is 0 Å². The Morgan fingerprint density at radius 3 is 1.40 bits per heavy atom. The third kappa shape index (κ3) is 11.6. The Hall–Kier alpha value is -1.56. The average Bonchev–Trinajstić information content (AvgIpc) is 2.69. The Labute approximate surface area is 188 Å². The van der Waals surface area contributed by atoms with Crippen molar-refractivity contribution in [3.63, 3.8) is 0 Å². The minimum Gasteiger partial charge on any atom is -0.0859 e. The SMILES string of the molecule is CC(C)=CCC[C@@H](C)[C@@H]1C=CC(C)=CC1.CC(C)=CCC[C@H](C)[C@@H]1C=CC(C)=CC1. The van der Waals surface area contributed by atoms with Gasteiger partial charge in [0.25, 0.3) is 0 Å². The monoisotopic (exact) mass is 408 g/mol. The fourth-order valence-corrected chi connectivity index (χ4v) is 4.03. The molecule has 4 atom stereocenters. The molecule has 2 aliphatic carbocycles. The number of hydrogen-bond donors (Lipinski definition) is 0. The van der Waals surface area contributed by atoms with Gasteiger partial charge >= 0.3 is 0 Å². The molecular weight excluding hydrogens is 360 g/mol. The van der Waals surface area contributed by atoms with E-state index in [0.717, 1.165) is 23.7 Å². The third-order valence-corrected chi connectivity index (χ3v) is 6.45. The van der Waals surface area contributed by atoms with Gasteiger partial charge in [-0.1, -0.05) is 84.7 Å². The largest absolute Gasteiger partial charge is 0.0859 e. The number of hydrogen-bond acceptors (Lipinski definition) is 0. The summed E-state index contributed by atoms with van der Waals surface area (Å²) in [6.45, 7) is 17.8. The highest BCUT2D eigenvalue weighted by Gasteiger charge is 2.15. The van der Waals surface area contributed by atoms with Gasteiger partial charge in [-0.25, -0.2) is 0 Å². The molecule has 0 heteroatoms. The van der Waals surface area contributed by atoms with Gasteiger partial charge in [-0.3, -0.25) is 0 Å². The quantitative estimate of drug-likeness (QED) is 0.350. The van der Waals surface area contributed by atoms with E-state index in [9.17, 15) is 0 Å². The molecule has 0 saturated carbocycles. The second kappa shape index (κ2) is 14.4. The standard InChI is InChI=1S/2C15H24/c2*1-12(2)6-5-7-14(4)15-10-8-13(3)9-11-15/h2*6,8-10,14-15H,5,7,11H2,1-4H3/t14-,15+;14-,15-/m01/s1. The number of allylic oxidation sites excluding steroid dienone is 12. The Balaban J connectivity index is 0.000000300. The first-order chi connectivity index (χ1) is 14.2. The smallest absolute Gasteiger partial charge is 0.0170 e. The molecule has 0 aromatic heterocycles. The van der Waals surface area contributed by atoms with Crippen LogP contribution >= 0.6 is 0 Å². The highest BCUT2D eigenvalue weighted by Crippen LogP contribution is 2.27. The summed E-state index contributed by atoms with van der Waals surface area (Å²) in [7, 11) is 0. The van der Waals surface area contributed by atoms with E-state index >= 15 is 0 Å². The van der Waals surface area contributed by atoms with Crippen molar-refractivity contribution in [2.45, 2.75) is 93.9 Å².